The molecule has 1 unspecified atom stereocenters. The fourth-order valence-corrected chi connectivity index (χ4v) is 1.26. The first kappa shape index (κ1) is 11.8. The monoisotopic (exact) mass is 212 g/mol. The van der Waals surface area contributed by atoms with Gasteiger partial charge < -0.3 is 9.47 Å². The second-order valence-electron chi connectivity index (χ2n) is 3.11. The molecule has 0 N–H and O–H groups in total. The number of halogens is 1. The summed E-state index contributed by atoms with van der Waals surface area (Å²) in [5.74, 6) is -0.386. The zero-order valence-corrected chi connectivity index (χ0v) is 8.70. The second kappa shape index (κ2) is 5.58. The van der Waals surface area contributed by atoms with Crippen molar-refractivity contribution in [3.8, 4) is 0 Å². The number of hydrogen-bond acceptors (Lipinski definition) is 3. The zero-order valence-electron chi connectivity index (χ0n) is 8.70. The molecule has 0 bridgehead atoms. The van der Waals surface area contributed by atoms with Crippen LogP contribution in [-0.2, 0) is 9.47 Å². The van der Waals surface area contributed by atoms with Crippen molar-refractivity contribution in [2.45, 2.75) is 13.0 Å². The van der Waals surface area contributed by atoms with Gasteiger partial charge in [-0.15, -0.1) is 0 Å². The Morgan fingerprint density at radius 3 is 2.87 bits per heavy atom. The van der Waals surface area contributed by atoms with Gasteiger partial charge in [-0.05, 0) is 30.7 Å². The minimum Gasteiger partial charge on any atom is -0.359 e. The molecule has 0 saturated carbocycles. The first-order chi connectivity index (χ1) is 7.19. The van der Waals surface area contributed by atoms with Crippen molar-refractivity contribution in [3.05, 3.63) is 35.1 Å². The summed E-state index contributed by atoms with van der Waals surface area (Å²) >= 11 is 0. The van der Waals surface area contributed by atoms with Crippen LogP contribution < -0.4 is 0 Å². The van der Waals surface area contributed by atoms with Crippen LogP contribution in [0.4, 0.5) is 4.39 Å². The van der Waals surface area contributed by atoms with Gasteiger partial charge in [0.05, 0.1) is 6.10 Å². The number of carbonyl (C=O) groups excluding carboxylic acids is 1. The van der Waals surface area contributed by atoms with E-state index in [9.17, 15) is 9.18 Å². The normalized spacial score (nSPS) is 12.5. The molecule has 0 heterocycles. The van der Waals surface area contributed by atoms with Crippen molar-refractivity contribution < 1.29 is 18.7 Å². The molecule has 0 saturated heterocycles. The van der Waals surface area contributed by atoms with Crippen molar-refractivity contribution in [2.75, 3.05) is 13.9 Å². The van der Waals surface area contributed by atoms with Gasteiger partial charge >= 0.3 is 0 Å². The molecular formula is C11H13FO3. The fraction of sp³-hybridized carbons (Fsp3) is 0.364. The summed E-state index contributed by atoms with van der Waals surface area (Å²) in [6.45, 7) is 1.84. The van der Waals surface area contributed by atoms with E-state index in [1.165, 1.54) is 25.3 Å². The van der Waals surface area contributed by atoms with Crippen LogP contribution in [-0.4, -0.2) is 20.2 Å². The maximum atomic E-state index is 13.0. The summed E-state index contributed by atoms with van der Waals surface area (Å²) < 4.78 is 22.9. The van der Waals surface area contributed by atoms with E-state index in [0.717, 1.165) is 0 Å². The Morgan fingerprint density at radius 1 is 1.53 bits per heavy atom. The molecule has 0 aliphatic carbocycles. The first-order valence-electron chi connectivity index (χ1n) is 4.54. The third kappa shape index (κ3) is 3.11. The van der Waals surface area contributed by atoms with Gasteiger partial charge in [0.15, 0.2) is 0 Å². The number of benzene rings is 1. The maximum absolute atomic E-state index is 13.0. The number of methoxy groups -OCH3 is 1. The van der Waals surface area contributed by atoms with Gasteiger partial charge in [-0.2, -0.15) is 0 Å². The van der Waals surface area contributed by atoms with E-state index >= 15 is 0 Å². The van der Waals surface area contributed by atoms with Crippen LogP contribution in [0.25, 0.3) is 0 Å². The highest BCUT2D eigenvalue weighted by Gasteiger charge is 2.11. The fourth-order valence-electron chi connectivity index (χ4n) is 1.26. The molecule has 82 valence electrons. The third-order valence-corrected chi connectivity index (χ3v) is 2.05. The van der Waals surface area contributed by atoms with Crippen molar-refractivity contribution in [2.24, 2.45) is 0 Å². The predicted molar refractivity (Wildman–Crippen MR) is 53.2 cm³/mol. The Labute approximate surface area is 87.8 Å². The lowest BCUT2D eigenvalue weighted by Gasteiger charge is -2.14. The largest absolute Gasteiger partial charge is 0.359 e. The maximum Gasteiger partial charge on any atom is 0.150 e. The average Bonchev–Trinajstić information content (AvgIpc) is 2.25. The molecule has 0 amide bonds. The van der Waals surface area contributed by atoms with E-state index in [1.54, 1.807) is 6.92 Å². The van der Waals surface area contributed by atoms with Crippen LogP contribution in [0.3, 0.4) is 0 Å². The first-order valence-corrected chi connectivity index (χ1v) is 4.54. The van der Waals surface area contributed by atoms with Crippen molar-refractivity contribution in [1.29, 1.82) is 0 Å². The molecular weight excluding hydrogens is 199 g/mol. The van der Waals surface area contributed by atoms with Gasteiger partial charge in [-0.3, -0.25) is 4.79 Å². The molecule has 1 aromatic rings. The quantitative estimate of drug-likeness (QED) is 0.555. The van der Waals surface area contributed by atoms with Crippen LogP contribution in [0.1, 0.15) is 28.9 Å². The summed E-state index contributed by atoms with van der Waals surface area (Å²) in [4.78, 5) is 10.7. The van der Waals surface area contributed by atoms with E-state index in [4.69, 9.17) is 9.47 Å². The van der Waals surface area contributed by atoms with E-state index in [0.29, 0.717) is 17.4 Å². The molecule has 0 aromatic heterocycles. The predicted octanol–water partition coefficient (Wildman–Crippen LogP) is 2.32. The van der Waals surface area contributed by atoms with Gasteiger partial charge in [-0.1, -0.05) is 0 Å². The number of aldehydes is 1. The van der Waals surface area contributed by atoms with E-state index in [1.807, 2.05) is 0 Å². The van der Waals surface area contributed by atoms with Gasteiger partial charge in [0.2, 0.25) is 0 Å². The lowest BCUT2D eigenvalue weighted by molar-refractivity contribution is -0.0668. The summed E-state index contributed by atoms with van der Waals surface area (Å²) in [7, 11) is 1.50. The van der Waals surface area contributed by atoms with Gasteiger partial charge in [0.1, 0.15) is 18.9 Å². The Kier molecular flexibility index (Phi) is 4.39. The number of ether oxygens (including phenoxy) is 2. The minimum absolute atomic E-state index is 0.107. The van der Waals surface area contributed by atoms with Gasteiger partial charge in [0.25, 0.3) is 0 Å². The van der Waals surface area contributed by atoms with E-state index in [2.05, 4.69) is 0 Å². The Hall–Kier alpha value is -1.26. The molecule has 0 aliphatic rings. The Balaban J connectivity index is 2.89. The molecule has 1 aromatic carbocycles. The molecule has 15 heavy (non-hydrogen) atoms. The van der Waals surface area contributed by atoms with Crippen molar-refractivity contribution in [3.63, 3.8) is 0 Å². The standard InChI is InChI=1S/C11H13FO3/c1-8(15-7-14-2)11-5-10(12)4-3-9(11)6-13/h3-6,8H,7H2,1-2H3. The SMILES string of the molecule is COCOC(C)c1cc(F)ccc1C=O. The third-order valence-electron chi connectivity index (χ3n) is 2.05. The van der Waals surface area contributed by atoms with Gasteiger partial charge in [-0.25, -0.2) is 4.39 Å². The lowest BCUT2D eigenvalue weighted by atomic mass is 10.0. The topological polar surface area (TPSA) is 35.5 Å². The number of carbonyl (C=O) groups is 1. The van der Waals surface area contributed by atoms with E-state index in [-0.39, 0.29) is 18.7 Å². The molecule has 4 heteroatoms. The zero-order chi connectivity index (χ0) is 11.3. The molecule has 1 rings (SSSR count). The van der Waals surface area contributed by atoms with Crippen molar-refractivity contribution in [1.82, 2.24) is 0 Å². The van der Waals surface area contributed by atoms with Crippen LogP contribution in [0.15, 0.2) is 18.2 Å². The molecule has 3 nitrogen and oxygen atoms in total. The highest BCUT2D eigenvalue weighted by molar-refractivity contribution is 5.77. The van der Waals surface area contributed by atoms with Crippen LogP contribution >= 0.6 is 0 Å². The molecule has 0 aliphatic heterocycles. The van der Waals surface area contributed by atoms with Gasteiger partial charge in [0, 0.05) is 12.7 Å². The Morgan fingerprint density at radius 2 is 2.27 bits per heavy atom. The lowest BCUT2D eigenvalue weighted by Crippen LogP contribution is -2.06. The molecule has 0 spiro atoms. The molecule has 0 radical (unpaired) electrons. The smallest absolute Gasteiger partial charge is 0.150 e. The van der Waals surface area contributed by atoms with Crippen LogP contribution in [0.2, 0.25) is 0 Å². The average molecular weight is 212 g/mol. The summed E-state index contributed by atoms with van der Waals surface area (Å²) in [6.07, 6.45) is 0.308. The summed E-state index contributed by atoms with van der Waals surface area (Å²) in [5, 5.41) is 0. The Bertz CT molecular complexity index is 339. The van der Waals surface area contributed by atoms with Crippen LogP contribution in [0, 0.1) is 5.82 Å². The highest BCUT2D eigenvalue weighted by atomic mass is 19.1. The van der Waals surface area contributed by atoms with Crippen LogP contribution in [0.5, 0.6) is 0 Å². The summed E-state index contributed by atoms with van der Waals surface area (Å²) in [5.41, 5.74) is 0.960. The minimum atomic E-state index is -0.386. The molecule has 1 atom stereocenters. The van der Waals surface area contributed by atoms with Crippen molar-refractivity contribution >= 4 is 6.29 Å². The highest BCUT2D eigenvalue weighted by Crippen LogP contribution is 2.21. The second-order valence-corrected chi connectivity index (χ2v) is 3.11. The number of hydrogen-bond donors (Lipinski definition) is 0. The number of rotatable bonds is 5. The van der Waals surface area contributed by atoms with E-state index < -0.39 is 0 Å². The summed E-state index contributed by atoms with van der Waals surface area (Å²) in [6, 6.07) is 3.98. The molecule has 0 fully saturated rings.